The first-order valence-electron chi connectivity index (χ1n) is 9.48. The van der Waals surface area contributed by atoms with Crippen molar-refractivity contribution in [1.82, 2.24) is 0 Å². The molecule has 3 aromatic carbocycles. The second kappa shape index (κ2) is 5.77. The highest BCUT2D eigenvalue weighted by atomic mass is 127. The van der Waals surface area contributed by atoms with Crippen molar-refractivity contribution in [3.05, 3.63) is 98.6 Å². The number of carbonyl (C=O) groups excluding carboxylic acids is 2. The molecule has 1 aliphatic heterocycles. The van der Waals surface area contributed by atoms with Gasteiger partial charge in [-0.05, 0) is 57.0 Å². The molecule has 136 valence electrons. The van der Waals surface area contributed by atoms with E-state index in [0.717, 1.165) is 3.57 Å². The van der Waals surface area contributed by atoms with Gasteiger partial charge >= 0.3 is 0 Å². The number of benzene rings is 3. The fraction of sp³-hybridized carbons (Fsp3) is 0.167. The molecule has 2 bridgehead atoms. The van der Waals surface area contributed by atoms with E-state index in [2.05, 4.69) is 46.9 Å². The highest BCUT2D eigenvalue weighted by molar-refractivity contribution is 14.1. The van der Waals surface area contributed by atoms with Crippen molar-refractivity contribution in [2.75, 3.05) is 4.90 Å². The van der Waals surface area contributed by atoms with E-state index >= 15 is 0 Å². The molecule has 1 saturated heterocycles. The van der Waals surface area contributed by atoms with Crippen molar-refractivity contribution in [2.24, 2.45) is 11.8 Å². The fourth-order valence-electron chi connectivity index (χ4n) is 5.55. The lowest BCUT2D eigenvalue weighted by molar-refractivity contribution is -0.122. The monoisotopic (exact) mass is 477 g/mol. The van der Waals surface area contributed by atoms with Crippen molar-refractivity contribution < 1.29 is 9.59 Å². The molecule has 7 rings (SSSR count). The van der Waals surface area contributed by atoms with Crippen LogP contribution in [0.2, 0.25) is 0 Å². The molecule has 1 fully saturated rings. The van der Waals surface area contributed by atoms with E-state index in [1.807, 2.05) is 48.5 Å². The molecular formula is C24H16INO2. The summed E-state index contributed by atoms with van der Waals surface area (Å²) in [5.41, 5.74) is 5.54. The van der Waals surface area contributed by atoms with Gasteiger partial charge in [-0.3, -0.25) is 9.59 Å². The molecule has 0 saturated carbocycles. The molecule has 3 nitrogen and oxygen atoms in total. The van der Waals surface area contributed by atoms with Crippen LogP contribution >= 0.6 is 22.6 Å². The van der Waals surface area contributed by atoms with Crippen LogP contribution < -0.4 is 4.90 Å². The lowest BCUT2D eigenvalue weighted by Crippen LogP contribution is -2.41. The Hall–Kier alpha value is -2.47. The van der Waals surface area contributed by atoms with Gasteiger partial charge in [0.1, 0.15) is 0 Å². The van der Waals surface area contributed by atoms with Crippen LogP contribution in [0.1, 0.15) is 34.1 Å². The maximum Gasteiger partial charge on any atom is 0.238 e. The number of para-hydroxylation sites is 1. The Morgan fingerprint density at radius 3 is 1.43 bits per heavy atom. The molecule has 3 aromatic rings. The molecule has 2 amide bonds. The Kier molecular flexibility index (Phi) is 3.39. The Labute approximate surface area is 176 Å². The second-order valence-electron chi connectivity index (χ2n) is 7.73. The smallest absolute Gasteiger partial charge is 0.238 e. The van der Waals surface area contributed by atoms with Crippen LogP contribution in [0.5, 0.6) is 0 Å². The van der Waals surface area contributed by atoms with Crippen LogP contribution in [-0.4, -0.2) is 11.8 Å². The van der Waals surface area contributed by atoms with Crippen LogP contribution in [0.15, 0.2) is 72.8 Å². The Balaban J connectivity index is 1.59. The first kappa shape index (κ1) is 16.5. The van der Waals surface area contributed by atoms with Gasteiger partial charge in [0.05, 0.1) is 17.5 Å². The number of imide groups is 1. The molecule has 0 N–H and O–H groups in total. The van der Waals surface area contributed by atoms with Crippen molar-refractivity contribution in [3.63, 3.8) is 0 Å². The molecule has 0 aromatic heterocycles. The van der Waals surface area contributed by atoms with E-state index in [1.165, 1.54) is 27.2 Å². The summed E-state index contributed by atoms with van der Waals surface area (Å²) in [5.74, 6) is -0.858. The largest absolute Gasteiger partial charge is 0.274 e. The van der Waals surface area contributed by atoms with Crippen molar-refractivity contribution >= 4 is 40.1 Å². The standard InChI is InChI=1S/C24H16INO2/c25-17-11-5-6-12-18(17)26-23(27)21-19-13-7-1-2-8-14(13)20(22(21)24(26)28)16-10-4-3-9-15(16)19/h1-12,19-22H/t19?,20?,21-,22+. The zero-order chi connectivity index (χ0) is 19.0. The maximum absolute atomic E-state index is 13.6. The molecule has 0 spiro atoms. The molecule has 28 heavy (non-hydrogen) atoms. The van der Waals surface area contributed by atoms with Crippen LogP contribution in [0.3, 0.4) is 0 Å². The van der Waals surface area contributed by atoms with Gasteiger partial charge in [-0.2, -0.15) is 0 Å². The lowest BCUT2D eigenvalue weighted by Gasteiger charge is -2.45. The first-order valence-corrected chi connectivity index (χ1v) is 10.6. The lowest BCUT2D eigenvalue weighted by atomic mass is 9.55. The highest BCUT2D eigenvalue weighted by Gasteiger charge is 2.61. The van der Waals surface area contributed by atoms with E-state index in [-0.39, 0.29) is 35.5 Å². The van der Waals surface area contributed by atoms with E-state index in [9.17, 15) is 9.59 Å². The minimum absolute atomic E-state index is 0.0507. The molecule has 0 unspecified atom stereocenters. The van der Waals surface area contributed by atoms with Gasteiger partial charge in [-0.15, -0.1) is 0 Å². The summed E-state index contributed by atoms with van der Waals surface area (Å²) < 4.78 is 0.919. The summed E-state index contributed by atoms with van der Waals surface area (Å²) in [6.45, 7) is 0. The average Bonchev–Trinajstić information content (AvgIpc) is 2.99. The van der Waals surface area contributed by atoms with Crippen molar-refractivity contribution in [3.8, 4) is 0 Å². The zero-order valence-corrected chi connectivity index (χ0v) is 17.0. The topological polar surface area (TPSA) is 37.4 Å². The van der Waals surface area contributed by atoms with E-state index in [1.54, 1.807) is 0 Å². The van der Waals surface area contributed by atoms with Crippen LogP contribution in [0.4, 0.5) is 5.69 Å². The van der Waals surface area contributed by atoms with Gasteiger partial charge < -0.3 is 0 Å². The number of nitrogens with zero attached hydrogens (tertiary/aromatic N) is 1. The third-order valence-electron chi connectivity index (χ3n) is 6.54. The van der Waals surface area contributed by atoms with Crippen molar-refractivity contribution in [1.29, 1.82) is 0 Å². The number of amides is 2. The van der Waals surface area contributed by atoms with Crippen LogP contribution in [0, 0.1) is 15.4 Å². The van der Waals surface area contributed by atoms with Gasteiger partial charge in [0, 0.05) is 15.4 Å². The highest BCUT2D eigenvalue weighted by Crippen LogP contribution is 2.61. The van der Waals surface area contributed by atoms with Gasteiger partial charge in [0.25, 0.3) is 0 Å². The van der Waals surface area contributed by atoms with Crippen LogP contribution in [0.25, 0.3) is 0 Å². The quantitative estimate of drug-likeness (QED) is 0.377. The summed E-state index contributed by atoms with van der Waals surface area (Å²) in [6.07, 6.45) is 0. The van der Waals surface area contributed by atoms with E-state index in [4.69, 9.17) is 0 Å². The number of hydrogen-bond donors (Lipinski definition) is 0. The van der Waals surface area contributed by atoms with Gasteiger partial charge in [-0.25, -0.2) is 4.90 Å². The Morgan fingerprint density at radius 1 is 0.607 bits per heavy atom. The summed E-state index contributed by atoms with van der Waals surface area (Å²) in [5, 5.41) is 0. The summed E-state index contributed by atoms with van der Waals surface area (Å²) >= 11 is 2.20. The maximum atomic E-state index is 13.6. The predicted molar refractivity (Wildman–Crippen MR) is 115 cm³/mol. The Bertz CT molecular complexity index is 1060. The third kappa shape index (κ3) is 1.94. The molecule has 2 atom stereocenters. The minimum Gasteiger partial charge on any atom is -0.274 e. The third-order valence-corrected chi connectivity index (χ3v) is 7.45. The van der Waals surface area contributed by atoms with Crippen molar-refractivity contribution in [2.45, 2.75) is 11.8 Å². The predicted octanol–water partition coefficient (Wildman–Crippen LogP) is 4.69. The van der Waals surface area contributed by atoms with Gasteiger partial charge in [0.15, 0.2) is 0 Å². The molecular weight excluding hydrogens is 461 g/mol. The number of carbonyl (C=O) groups is 2. The fourth-order valence-corrected chi connectivity index (χ4v) is 6.18. The number of rotatable bonds is 1. The van der Waals surface area contributed by atoms with E-state index < -0.39 is 0 Å². The SMILES string of the molecule is O=C1[C@@H]2C3c4ccccc4C(c4ccccc43)[C@@H]2C(=O)N1c1ccccc1I. The zero-order valence-electron chi connectivity index (χ0n) is 14.9. The van der Waals surface area contributed by atoms with Gasteiger partial charge in [0.2, 0.25) is 11.8 Å². The molecule has 0 radical (unpaired) electrons. The first-order chi connectivity index (χ1) is 13.7. The van der Waals surface area contributed by atoms with Gasteiger partial charge in [-0.1, -0.05) is 60.7 Å². The normalized spacial score (nSPS) is 26.8. The number of anilines is 1. The number of halogens is 1. The molecule has 4 heteroatoms. The number of hydrogen-bond acceptors (Lipinski definition) is 2. The molecule has 4 aliphatic rings. The summed E-state index contributed by atoms with van der Waals surface area (Å²) in [4.78, 5) is 28.7. The summed E-state index contributed by atoms with van der Waals surface area (Å²) in [6, 6.07) is 24.3. The second-order valence-corrected chi connectivity index (χ2v) is 8.89. The average molecular weight is 477 g/mol. The molecule has 1 heterocycles. The summed E-state index contributed by atoms with van der Waals surface area (Å²) in [7, 11) is 0. The van der Waals surface area contributed by atoms with E-state index in [0.29, 0.717) is 5.69 Å². The molecule has 3 aliphatic carbocycles. The van der Waals surface area contributed by atoms with Crippen LogP contribution in [-0.2, 0) is 9.59 Å². The minimum atomic E-state index is -0.321. The Morgan fingerprint density at radius 2 is 1.00 bits per heavy atom.